The Morgan fingerprint density at radius 3 is 2.57 bits per heavy atom. The Balaban J connectivity index is 2.13. The predicted molar refractivity (Wildman–Crippen MR) is 99.4 cm³/mol. The predicted octanol–water partition coefficient (Wildman–Crippen LogP) is 3.18. The van der Waals surface area contributed by atoms with E-state index in [-0.39, 0.29) is 16.7 Å². The first kappa shape index (κ1) is 18.9. The molecule has 0 aliphatic heterocycles. The largest absolute Gasteiger partial charge is 0.507 e. The monoisotopic (exact) mass is 378 g/mol. The number of nitrogens with zero attached hydrogens (tertiary/aromatic N) is 2. The first-order valence-corrected chi connectivity index (χ1v) is 8.38. The van der Waals surface area contributed by atoms with Crippen molar-refractivity contribution in [2.45, 2.75) is 6.92 Å². The summed E-state index contributed by atoms with van der Waals surface area (Å²) in [5, 5.41) is 19.2. The number of ketones is 1. The maximum Gasteiger partial charge on any atom is 0.273 e. The zero-order valence-corrected chi connectivity index (χ0v) is 14.8. The van der Waals surface area contributed by atoms with Gasteiger partial charge >= 0.3 is 0 Å². The number of rotatable bonds is 5. The smallest absolute Gasteiger partial charge is 0.273 e. The molecule has 1 heterocycles. The quantitative estimate of drug-likeness (QED) is 0.689. The van der Waals surface area contributed by atoms with Crippen molar-refractivity contribution in [3.05, 3.63) is 87.6 Å². The molecule has 7 heteroatoms. The highest BCUT2D eigenvalue weighted by Crippen LogP contribution is 2.22. The molecule has 140 valence electrons. The molecule has 0 aliphatic carbocycles. The Morgan fingerprint density at radius 2 is 1.93 bits per heavy atom. The van der Waals surface area contributed by atoms with Crippen LogP contribution in [-0.4, -0.2) is 22.1 Å². The van der Waals surface area contributed by atoms with Gasteiger partial charge in [0.15, 0.2) is 5.78 Å². The van der Waals surface area contributed by atoms with Crippen molar-refractivity contribution in [1.82, 2.24) is 4.57 Å². The van der Waals surface area contributed by atoms with E-state index in [2.05, 4.69) is 0 Å². The molecular formula is C21H15FN2O4. The molecule has 3 rings (SSSR count). The van der Waals surface area contributed by atoms with E-state index in [1.807, 2.05) is 6.92 Å². The zero-order valence-electron chi connectivity index (χ0n) is 14.8. The zero-order chi connectivity index (χ0) is 20.3. The summed E-state index contributed by atoms with van der Waals surface area (Å²) in [6, 6.07) is 12.4. The van der Waals surface area contributed by atoms with Crippen molar-refractivity contribution in [2.24, 2.45) is 0 Å². The lowest BCUT2D eigenvalue weighted by Gasteiger charge is -2.11. The molecule has 0 saturated heterocycles. The van der Waals surface area contributed by atoms with E-state index in [4.69, 9.17) is 4.74 Å². The Morgan fingerprint density at radius 1 is 1.21 bits per heavy atom. The van der Waals surface area contributed by atoms with E-state index < -0.39 is 22.9 Å². The van der Waals surface area contributed by atoms with Crippen molar-refractivity contribution < 1.29 is 19.0 Å². The lowest BCUT2D eigenvalue weighted by Crippen LogP contribution is -2.22. The lowest BCUT2D eigenvalue weighted by molar-refractivity contribution is 0.103. The number of pyridine rings is 1. The number of aromatic hydroxyl groups is 1. The molecule has 0 unspecified atom stereocenters. The molecule has 0 atom stereocenters. The maximum absolute atomic E-state index is 13.5. The highest BCUT2D eigenvalue weighted by atomic mass is 19.1. The van der Waals surface area contributed by atoms with Gasteiger partial charge in [-0.3, -0.25) is 14.2 Å². The summed E-state index contributed by atoms with van der Waals surface area (Å²) in [7, 11) is 0. The van der Waals surface area contributed by atoms with Gasteiger partial charge in [-0.05, 0) is 55.5 Å². The number of halogens is 1. The second-order valence-electron chi connectivity index (χ2n) is 5.85. The van der Waals surface area contributed by atoms with Crippen LogP contribution in [0.3, 0.4) is 0 Å². The average Bonchev–Trinajstić information content (AvgIpc) is 2.70. The van der Waals surface area contributed by atoms with Gasteiger partial charge in [-0.2, -0.15) is 5.26 Å². The molecule has 0 aliphatic rings. The molecule has 0 spiro atoms. The van der Waals surface area contributed by atoms with Crippen molar-refractivity contribution >= 4 is 5.78 Å². The number of nitriles is 1. The van der Waals surface area contributed by atoms with Crippen molar-refractivity contribution in [3.63, 3.8) is 0 Å². The number of carbonyl (C=O) groups is 1. The van der Waals surface area contributed by atoms with Crippen molar-refractivity contribution in [1.29, 1.82) is 5.26 Å². The van der Waals surface area contributed by atoms with Crippen LogP contribution in [0.1, 0.15) is 28.4 Å². The second-order valence-corrected chi connectivity index (χ2v) is 5.85. The number of aromatic nitrogens is 1. The van der Waals surface area contributed by atoms with Gasteiger partial charge in [0.1, 0.15) is 28.9 Å². The number of phenols is 1. The number of ether oxygens (including phenoxy) is 1. The van der Waals surface area contributed by atoms with Crippen LogP contribution in [0.4, 0.5) is 4.39 Å². The average molecular weight is 378 g/mol. The third kappa shape index (κ3) is 3.62. The standard InChI is InChI=1S/C21H15FN2O4/c1-2-28-17-6-4-16(5-7-17)24-12-14(9-13(11-23)21(24)27)20(26)18-10-15(22)3-8-19(18)25/h3-10,12,25H,2H2,1H3. The summed E-state index contributed by atoms with van der Waals surface area (Å²) < 4.78 is 20.0. The number of carbonyl (C=O) groups excluding carboxylic acids is 1. The second kappa shape index (κ2) is 7.76. The molecule has 6 nitrogen and oxygen atoms in total. The Kier molecular flexibility index (Phi) is 5.23. The fourth-order valence-electron chi connectivity index (χ4n) is 2.69. The van der Waals surface area contributed by atoms with E-state index >= 15 is 0 Å². The van der Waals surface area contributed by atoms with Crippen LogP contribution in [0.15, 0.2) is 59.5 Å². The Hall–Kier alpha value is -3.92. The molecule has 1 aromatic heterocycles. The van der Waals surface area contributed by atoms with Crippen LogP contribution in [0, 0.1) is 17.1 Å². The summed E-state index contributed by atoms with van der Waals surface area (Å²) >= 11 is 0. The van der Waals surface area contributed by atoms with Crippen LogP contribution in [0.2, 0.25) is 0 Å². The van der Waals surface area contributed by atoms with Gasteiger partial charge in [0.05, 0.1) is 12.2 Å². The number of benzene rings is 2. The van der Waals surface area contributed by atoms with Gasteiger partial charge in [0.2, 0.25) is 0 Å². The molecule has 28 heavy (non-hydrogen) atoms. The topological polar surface area (TPSA) is 92.3 Å². The lowest BCUT2D eigenvalue weighted by atomic mass is 10.0. The molecule has 0 radical (unpaired) electrons. The van der Waals surface area contributed by atoms with E-state index in [1.165, 1.54) is 6.20 Å². The maximum atomic E-state index is 13.5. The third-order valence-electron chi connectivity index (χ3n) is 4.03. The summed E-state index contributed by atoms with van der Waals surface area (Å²) in [4.78, 5) is 25.3. The molecular weight excluding hydrogens is 363 g/mol. The normalized spacial score (nSPS) is 10.3. The molecule has 1 N–H and O–H groups in total. The minimum atomic E-state index is -0.715. The minimum absolute atomic E-state index is 0.0362. The first-order chi connectivity index (χ1) is 13.4. The fourth-order valence-corrected chi connectivity index (χ4v) is 2.69. The van der Waals surface area contributed by atoms with Gasteiger partial charge in [-0.25, -0.2) is 4.39 Å². The highest BCUT2D eigenvalue weighted by Gasteiger charge is 2.18. The van der Waals surface area contributed by atoms with Crippen molar-refractivity contribution in [3.8, 4) is 23.3 Å². The van der Waals surface area contributed by atoms with E-state index in [1.54, 1.807) is 30.3 Å². The van der Waals surface area contributed by atoms with E-state index in [0.717, 1.165) is 28.8 Å². The minimum Gasteiger partial charge on any atom is -0.507 e. The van der Waals surface area contributed by atoms with Crippen LogP contribution in [0.25, 0.3) is 5.69 Å². The summed E-state index contributed by atoms with van der Waals surface area (Å²) in [5.74, 6) is -1.20. The summed E-state index contributed by atoms with van der Waals surface area (Å²) in [6.45, 7) is 2.33. The number of phenolic OH excluding ortho intramolecular Hbond substituents is 1. The summed E-state index contributed by atoms with van der Waals surface area (Å²) in [6.07, 6.45) is 1.26. The van der Waals surface area contributed by atoms with Gasteiger partial charge in [0.25, 0.3) is 5.56 Å². The summed E-state index contributed by atoms with van der Waals surface area (Å²) in [5.41, 5.74) is -0.739. The molecule has 2 aromatic carbocycles. The van der Waals surface area contributed by atoms with E-state index in [9.17, 15) is 24.3 Å². The Labute approximate surface area is 159 Å². The van der Waals surface area contributed by atoms with E-state index in [0.29, 0.717) is 18.0 Å². The van der Waals surface area contributed by atoms with Gasteiger partial charge in [0, 0.05) is 17.4 Å². The Bertz CT molecular complexity index is 1140. The van der Waals surface area contributed by atoms with Crippen molar-refractivity contribution in [2.75, 3.05) is 6.61 Å². The van der Waals surface area contributed by atoms with Gasteiger partial charge in [-0.1, -0.05) is 0 Å². The number of hydrogen-bond donors (Lipinski definition) is 1. The first-order valence-electron chi connectivity index (χ1n) is 8.38. The molecule has 0 fully saturated rings. The molecule has 0 bridgehead atoms. The fraction of sp³-hybridized carbons (Fsp3) is 0.0952. The molecule has 3 aromatic rings. The van der Waals surface area contributed by atoms with Crippen LogP contribution >= 0.6 is 0 Å². The van der Waals surface area contributed by atoms with Crippen LogP contribution in [0.5, 0.6) is 11.5 Å². The molecule has 0 amide bonds. The van der Waals surface area contributed by atoms with Crippen LogP contribution < -0.4 is 10.3 Å². The van der Waals surface area contributed by atoms with Gasteiger partial charge < -0.3 is 9.84 Å². The van der Waals surface area contributed by atoms with Gasteiger partial charge in [-0.15, -0.1) is 0 Å². The molecule has 0 saturated carbocycles. The number of hydrogen-bond acceptors (Lipinski definition) is 5. The SMILES string of the molecule is CCOc1ccc(-n2cc(C(=O)c3cc(F)ccc3O)cc(C#N)c2=O)cc1. The third-order valence-corrected chi connectivity index (χ3v) is 4.03. The highest BCUT2D eigenvalue weighted by molar-refractivity contribution is 6.10. The van der Waals surface area contributed by atoms with Crippen LogP contribution in [-0.2, 0) is 0 Å².